The number of ether oxygens (including phenoxy) is 4. The molecule has 7 heteroatoms. The SMILES string of the molecule is COc1cc2nc(-c3ccccc3)nc(Oc3ccc(C=O)cc3OC)c2cc1OC. The van der Waals surface area contributed by atoms with Crippen LogP contribution in [-0.2, 0) is 0 Å². The molecule has 0 aliphatic carbocycles. The minimum Gasteiger partial charge on any atom is -0.493 e. The summed E-state index contributed by atoms with van der Waals surface area (Å²) in [4.78, 5) is 20.5. The number of methoxy groups -OCH3 is 3. The van der Waals surface area contributed by atoms with Crippen LogP contribution in [-0.4, -0.2) is 37.6 Å². The summed E-state index contributed by atoms with van der Waals surface area (Å²) in [6.07, 6.45) is 0.747. The summed E-state index contributed by atoms with van der Waals surface area (Å²) in [5.74, 6) is 2.73. The van der Waals surface area contributed by atoms with Crippen molar-refractivity contribution in [3.8, 4) is 40.3 Å². The number of aldehydes is 1. The quantitative estimate of drug-likeness (QED) is 0.395. The molecule has 31 heavy (non-hydrogen) atoms. The van der Waals surface area contributed by atoms with Gasteiger partial charge >= 0.3 is 0 Å². The van der Waals surface area contributed by atoms with Gasteiger partial charge < -0.3 is 18.9 Å². The fourth-order valence-electron chi connectivity index (χ4n) is 3.17. The van der Waals surface area contributed by atoms with Crippen LogP contribution in [0.2, 0.25) is 0 Å². The van der Waals surface area contributed by atoms with E-state index in [-0.39, 0.29) is 0 Å². The summed E-state index contributed by atoms with van der Waals surface area (Å²) in [7, 11) is 4.64. The van der Waals surface area contributed by atoms with Gasteiger partial charge in [-0.15, -0.1) is 0 Å². The second kappa shape index (κ2) is 8.71. The van der Waals surface area contributed by atoms with E-state index in [0.717, 1.165) is 11.8 Å². The largest absolute Gasteiger partial charge is 0.493 e. The Labute approximate surface area is 179 Å². The molecule has 0 radical (unpaired) electrons. The molecule has 0 atom stereocenters. The third kappa shape index (κ3) is 3.98. The molecule has 4 aromatic rings. The van der Waals surface area contributed by atoms with Gasteiger partial charge in [0, 0.05) is 17.2 Å². The highest BCUT2D eigenvalue weighted by Gasteiger charge is 2.17. The summed E-state index contributed by atoms with van der Waals surface area (Å²) < 4.78 is 22.4. The molecule has 0 saturated heterocycles. The monoisotopic (exact) mass is 416 g/mol. The second-order valence-electron chi connectivity index (χ2n) is 6.57. The van der Waals surface area contributed by atoms with E-state index in [1.165, 1.54) is 7.11 Å². The van der Waals surface area contributed by atoms with Gasteiger partial charge in [0.25, 0.3) is 0 Å². The zero-order chi connectivity index (χ0) is 21.8. The maximum Gasteiger partial charge on any atom is 0.231 e. The molecule has 0 bridgehead atoms. The first kappa shape index (κ1) is 20.2. The van der Waals surface area contributed by atoms with Crippen molar-refractivity contribution in [1.82, 2.24) is 9.97 Å². The van der Waals surface area contributed by atoms with E-state index in [2.05, 4.69) is 4.98 Å². The van der Waals surface area contributed by atoms with Crippen LogP contribution < -0.4 is 18.9 Å². The van der Waals surface area contributed by atoms with Crippen LogP contribution in [0.3, 0.4) is 0 Å². The first-order chi connectivity index (χ1) is 15.2. The molecular formula is C24H20N2O5. The Morgan fingerprint density at radius 2 is 1.42 bits per heavy atom. The van der Waals surface area contributed by atoms with Crippen LogP contribution in [0.4, 0.5) is 0 Å². The number of rotatable bonds is 7. The molecule has 0 unspecified atom stereocenters. The highest BCUT2D eigenvalue weighted by Crippen LogP contribution is 2.39. The van der Waals surface area contributed by atoms with Gasteiger partial charge in [0.15, 0.2) is 28.8 Å². The smallest absolute Gasteiger partial charge is 0.231 e. The number of hydrogen-bond donors (Lipinski definition) is 0. The second-order valence-corrected chi connectivity index (χ2v) is 6.57. The van der Waals surface area contributed by atoms with Crippen LogP contribution in [0.25, 0.3) is 22.3 Å². The van der Waals surface area contributed by atoms with Crippen LogP contribution in [0.5, 0.6) is 28.9 Å². The molecule has 4 rings (SSSR count). The van der Waals surface area contributed by atoms with Crippen molar-refractivity contribution in [2.75, 3.05) is 21.3 Å². The lowest BCUT2D eigenvalue weighted by Gasteiger charge is -2.15. The molecule has 0 aliphatic heterocycles. The maximum absolute atomic E-state index is 11.1. The predicted octanol–water partition coefficient (Wildman–Crippen LogP) is 4.93. The van der Waals surface area contributed by atoms with Crippen LogP contribution in [0, 0.1) is 0 Å². The zero-order valence-corrected chi connectivity index (χ0v) is 17.3. The molecule has 0 saturated carbocycles. The number of benzene rings is 3. The summed E-state index contributed by atoms with van der Waals surface area (Å²) in [6, 6.07) is 18.1. The fraction of sp³-hybridized carbons (Fsp3) is 0.125. The van der Waals surface area contributed by atoms with Gasteiger partial charge in [-0.05, 0) is 24.3 Å². The van der Waals surface area contributed by atoms with Gasteiger partial charge in [-0.3, -0.25) is 4.79 Å². The highest BCUT2D eigenvalue weighted by molar-refractivity contribution is 5.89. The number of aromatic nitrogens is 2. The Hall–Kier alpha value is -4.13. The van der Waals surface area contributed by atoms with Gasteiger partial charge in [-0.2, -0.15) is 4.98 Å². The van der Waals surface area contributed by atoms with E-state index in [4.69, 9.17) is 23.9 Å². The Balaban J connectivity index is 1.92. The summed E-state index contributed by atoms with van der Waals surface area (Å²) in [6.45, 7) is 0. The number of carbonyl (C=O) groups excluding carboxylic acids is 1. The Morgan fingerprint density at radius 1 is 0.742 bits per heavy atom. The van der Waals surface area contributed by atoms with E-state index in [9.17, 15) is 4.79 Å². The highest BCUT2D eigenvalue weighted by atomic mass is 16.5. The number of fused-ring (bicyclic) bond motifs is 1. The van der Waals surface area contributed by atoms with Gasteiger partial charge in [-0.25, -0.2) is 4.98 Å². The Kier molecular flexibility index (Phi) is 5.66. The number of hydrogen-bond acceptors (Lipinski definition) is 7. The molecular weight excluding hydrogens is 396 g/mol. The van der Waals surface area contributed by atoms with Crippen molar-refractivity contribution < 1.29 is 23.7 Å². The summed E-state index contributed by atoms with van der Waals surface area (Å²) in [5.41, 5.74) is 1.95. The van der Waals surface area contributed by atoms with Gasteiger partial charge in [-0.1, -0.05) is 30.3 Å². The van der Waals surface area contributed by atoms with Crippen molar-refractivity contribution >= 4 is 17.2 Å². The molecule has 156 valence electrons. The van der Waals surface area contributed by atoms with Gasteiger partial charge in [0.2, 0.25) is 5.88 Å². The fourth-order valence-corrected chi connectivity index (χ4v) is 3.17. The van der Waals surface area contributed by atoms with E-state index >= 15 is 0 Å². The minimum atomic E-state index is 0.321. The van der Waals surface area contributed by atoms with Crippen LogP contribution in [0.1, 0.15) is 10.4 Å². The zero-order valence-electron chi connectivity index (χ0n) is 17.3. The molecule has 0 spiro atoms. The van der Waals surface area contributed by atoms with E-state index in [1.54, 1.807) is 44.6 Å². The molecule has 3 aromatic carbocycles. The standard InChI is InChI=1S/C24H20N2O5/c1-28-20-11-15(14-27)9-10-19(20)31-24-17-12-21(29-2)22(30-3)13-18(17)25-23(26-24)16-7-5-4-6-8-16/h4-14H,1-3H3. The van der Waals surface area contributed by atoms with Gasteiger partial charge in [0.05, 0.1) is 32.2 Å². The van der Waals surface area contributed by atoms with Gasteiger partial charge in [0.1, 0.15) is 6.29 Å². The third-order valence-corrected chi connectivity index (χ3v) is 4.73. The van der Waals surface area contributed by atoms with E-state index in [0.29, 0.717) is 51.2 Å². The lowest BCUT2D eigenvalue weighted by atomic mass is 10.1. The van der Waals surface area contributed by atoms with Crippen molar-refractivity contribution in [2.45, 2.75) is 0 Å². The van der Waals surface area contributed by atoms with E-state index in [1.807, 2.05) is 30.3 Å². The lowest BCUT2D eigenvalue weighted by Crippen LogP contribution is -1.99. The predicted molar refractivity (Wildman–Crippen MR) is 117 cm³/mol. The Morgan fingerprint density at radius 3 is 2.10 bits per heavy atom. The summed E-state index contributed by atoms with van der Waals surface area (Å²) in [5, 5.41) is 0.638. The first-order valence-corrected chi connectivity index (χ1v) is 9.47. The maximum atomic E-state index is 11.1. The van der Waals surface area contributed by atoms with Crippen LogP contribution in [0.15, 0.2) is 60.7 Å². The molecule has 0 aliphatic rings. The normalized spacial score (nSPS) is 10.5. The van der Waals surface area contributed by atoms with Crippen molar-refractivity contribution in [1.29, 1.82) is 0 Å². The minimum absolute atomic E-state index is 0.321. The van der Waals surface area contributed by atoms with Crippen molar-refractivity contribution in [3.63, 3.8) is 0 Å². The lowest BCUT2D eigenvalue weighted by molar-refractivity contribution is 0.112. The molecule has 1 heterocycles. The Bertz CT molecular complexity index is 1240. The average molecular weight is 416 g/mol. The topological polar surface area (TPSA) is 79.8 Å². The van der Waals surface area contributed by atoms with Crippen molar-refractivity contribution in [3.05, 3.63) is 66.2 Å². The molecule has 0 fully saturated rings. The average Bonchev–Trinajstić information content (AvgIpc) is 2.83. The number of carbonyl (C=O) groups is 1. The molecule has 7 nitrogen and oxygen atoms in total. The van der Waals surface area contributed by atoms with Crippen LogP contribution >= 0.6 is 0 Å². The van der Waals surface area contributed by atoms with Crippen molar-refractivity contribution in [2.24, 2.45) is 0 Å². The molecule has 0 N–H and O–H groups in total. The summed E-state index contributed by atoms with van der Waals surface area (Å²) >= 11 is 0. The van der Waals surface area contributed by atoms with E-state index < -0.39 is 0 Å². The number of nitrogens with zero attached hydrogens (tertiary/aromatic N) is 2. The first-order valence-electron chi connectivity index (χ1n) is 9.47. The molecule has 1 aromatic heterocycles. The third-order valence-electron chi connectivity index (χ3n) is 4.73. The molecule has 0 amide bonds.